The third kappa shape index (κ3) is 5.42. The third-order valence-electron chi connectivity index (χ3n) is 12.7. The molecule has 13 rings (SSSR count). The Kier molecular flexibility index (Phi) is 7.82. The number of furan rings is 2. The van der Waals surface area contributed by atoms with Gasteiger partial charge in [0, 0.05) is 43.4 Å². The molecule has 13 aromatic rings. The summed E-state index contributed by atoms with van der Waals surface area (Å²) in [5.74, 6) is 0. The Hall–Kier alpha value is -7.81. The quantitative estimate of drug-likeness (QED) is 0.166. The van der Waals surface area contributed by atoms with Crippen molar-refractivity contribution in [3.63, 3.8) is 0 Å². The molecule has 0 aliphatic heterocycles. The number of thiophene rings is 1. The van der Waals surface area contributed by atoms with E-state index in [1.54, 1.807) is 23.5 Å². The van der Waals surface area contributed by atoms with Crippen molar-refractivity contribution in [1.82, 2.24) is 9.97 Å². The number of halogens is 3. The smallest absolute Gasteiger partial charge is 0.417 e. The molecule has 4 heterocycles. The summed E-state index contributed by atoms with van der Waals surface area (Å²) < 4.78 is 56.9. The first kappa shape index (κ1) is 36.8. The van der Waals surface area contributed by atoms with Crippen molar-refractivity contribution in [2.75, 3.05) is 0 Å². The molecule has 0 fully saturated rings. The van der Waals surface area contributed by atoms with Gasteiger partial charge in [-0.2, -0.15) is 13.2 Å². The molecule has 9 aromatic carbocycles. The number of aryl methyl sites for hydroxylation is 1. The fraction of sp³-hybridized carbons (Fsp3) is 0.0357. The van der Waals surface area contributed by atoms with E-state index < -0.39 is 11.7 Å². The molecule has 0 amide bonds. The number of benzene rings is 9. The van der Waals surface area contributed by atoms with Crippen LogP contribution in [0.15, 0.2) is 179 Å². The zero-order valence-corrected chi connectivity index (χ0v) is 34.7. The summed E-state index contributed by atoms with van der Waals surface area (Å²) in [7, 11) is 0. The number of aromatic nitrogens is 2. The highest BCUT2D eigenvalue weighted by Crippen LogP contribution is 2.50. The Balaban J connectivity index is 1.19. The molecule has 0 atom stereocenters. The van der Waals surface area contributed by atoms with Crippen molar-refractivity contribution in [2.24, 2.45) is 0 Å². The molecule has 4 nitrogen and oxygen atoms in total. The number of rotatable bonds is 4. The number of hydrogen-bond acceptors (Lipinski definition) is 5. The monoisotopic (exact) mass is 852 g/mol. The molecule has 0 saturated heterocycles. The van der Waals surface area contributed by atoms with Gasteiger partial charge in [-0.15, -0.1) is 11.3 Å². The summed E-state index contributed by atoms with van der Waals surface area (Å²) in [5.41, 5.74) is 10.5. The van der Waals surface area contributed by atoms with E-state index in [4.69, 9.17) is 18.8 Å². The SMILES string of the molecule is Cc1ccccc1-c1ccc2c3ccc(-c4ccccc4C(F)(F)F)cc3c3nc4c(-c5cccc6c5oc5ccccc56)sc(-c5cccc6c5oc5ccccc56)c4nc3c2c1. The van der Waals surface area contributed by atoms with E-state index in [0.717, 1.165) is 104 Å². The number of nitrogens with zero attached hydrogens (tertiary/aromatic N) is 2. The predicted molar refractivity (Wildman–Crippen MR) is 256 cm³/mol. The van der Waals surface area contributed by atoms with Crippen LogP contribution in [-0.2, 0) is 6.18 Å². The summed E-state index contributed by atoms with van der Waals surface area (Å²) in [6.07, 6.45) is -4.54. The molecule has 4 aromatic heterocycles. The Morgan fingerprint density at radius 1 is 0.406 bits per heavy atom. The fourth-order valence-corrected chi connectivity index (χ4v) is 10.9. The average molecular weight is 853 g/mol. The van der Waals surface area contributed by atoms with E-state index >= 15 is 0 Å². The second-order valence-electron chi connectivity index (χ2n) is 16.3. The van der Waals surface area contributed by atoms with Crippen LogP contribution in [0.25, 0.3) is 131 Å². The molecule has 0 bridgehead atoms. The average Bonchev–Trinajstić information content (AvgIpc) is 4.02. The molecule has 0 radical (unpaired) electrons. The Labute approximate surface area is 366 Å². The molecule has 0 aliphatic rings. The molecule has 0 unspecified atom stereocenters. The lowest BCUT2D eigenvalue weighted by atomic mass is 9.91. The Bertz CT molecular complexity index is 4100. The minimum atomic E-state index is -4.54. The van der Waals surface area contributed by atoms with E-state index in [1.165, 1.54) is 12.1 Å². The minimum Gasteiger partial charge on any atom is -0.455 e. The largest absolute Gasteiger partial charge is 0.455 e. The van der Waals surface area contributed by atoms with Crippen molar-refractivity contribution >= 4 is 98.8 Å². The molecule has 8 heteroatoms. The first-order valence-corrected chi connectivity index (χ1v) is 21.8. The zero-order chi connectivity index (χ0) is 42.8. The van der Waals surface area contributed by atoms with Crippen LogP contribution in [0.3, 0.4) is 0 Å². The summed E-state index contributed by atoms with van der Waals surface area (Å²) in [6, 6.07) is 54.4. The number of hydrogen-bond donors (Lipinski definition) is 0. The van der Waals surface area contributed by atoms with Gasteiger partial charge in [-0.1, -0.05) is 127 Å². The maximum atomic E-state index is 14.5. The molecule has 0 spiro atoms. The Morgan fingerprint density at radius 3 is 1.41 bits per heavy atom. The first-order valence-electron chi connectivity index (χ1n) is 21.0. The van der Waals surface area contributed by atoms with Gasteiger partial charge in [-0.25, -0.2) is 9.97 Å². The lowest BCUT2D eigenvalue weighted by Crippen LogP contribution is -2.06. The summed E-state index contributed by atoms with van der Waals surface area (Å²) >= 11 is 1.59. The van der Waals surface area contributed by atoms with E-state index in [1.807, 2.05) is 66.7 Å². The normalized spacial score (nSPS) is 12.4. The van der Waals surface area contributed by atoms with Gasteiger partial charge in [0.1, 0.15) is 33.4 Å². The van der Waals surface area contributed by atoms with Gasteiger partial charge in [-0.05, 0) is 88.0 Å². The number of para-hydroxylation sites is 4. The van der Waals surface area contributed by atoms with Crippen LogP contribution in [0.4, 0.5) is 13.2 Å². The van der Waals surface area contributed by atoms with E-state index in [-0.39, 0.29) is 5.56 Å². The molecule has 0 aliphatic carbocycles. The van der Waals surface area contributed by atoms with Crippen molar-refractivity contribution in [3.05, 3.63) is 181 Å². The predicted octanol–water partition coefficient (Wildman–Crippen LogP) is 16.9. The van der Waals surface area contributed by atoms with E-state index in [0.29, 0.717) is 33.0 Å². The van der Waals surface area contributed by atoms with Crippen molar-refractivity contribution in [2.45, 2.75) is 13.1 Å². The molecular formula is C56H31F3N2O2S. The molecular weight excluding hydrogens is 822 g/mol. The zero-order valence-electron chi connectivity index (χ0n) is 33.9. The van der Waals surface area contributed by atoms with Crippen LogP contribution >= 0.6 is 11.3 Å². The Morgan fingerprint density at radius 2 is 0.859 bits per heavy atom. The van der Waals surface area contributed by atoms with Gasteiger partial charge >= 0.3 is 6.18 Å². The summed E-state index contributed by atoms with van der Waals surface area (Å²) in [6.45, 7) is 2.10. The summed E-state index contributed by atoms with van der Waals surface area (Å²) in [4.78, 5) is 13.1. The van der Waals surface area contributed by atoms with Gasteiger partial charge in [0.05, 0.1) is 26.4 Å². The number of alkyl halides is 3. The fourth-order valence-electron chi connectivity index (χ4n) is 9.71. The van der Waals surface area contributed by atoms with Crippen molar-refractivity contribution < 1.29 is 22.0 Å². The molecule has 304 valence electrons. The third-order valence-corrected chi connectivity index (χ3v) is 13.9. The maximum Gasteiger partial charge on any atom is 0.417 e. The van der Waals surface area contributed by atoms with Crippen molar-refractivity contribution in [3.8, 4) is 43.1 Å². The van der Waals surface area contributed by atoms with Crippen LogP contribution in [0.2, 0.25) is 0 Å². The van der Waals surface area contributed by atoms with Gasteiger partial charge in [-0.3, -0.25) is 0 Å². The van der Waals surface area contributed by atoms with Crippen molar-refractivity contribution in [1.29, 1.82) is 0 Å². The highest BCUT2D eigenvalue weighted by molar-refractivity contribution is 7.21. The molecule has 0 saturated carbocycles. The minimum absolute atomic E-state index is 0.100. The number of fused-ring (bicyclic) bond motifs is 13. The van der Waals surface area contributed by atoms with Crippen LogP contribution in [-0.4, -0.2) is 9.97 Å². The highest BCUT2D eigenvalue weighted by atomic mass is 32.1. The van der Waals surface area contributed by atoms with E-state index in [2.05, 4.69) is 79.7 Å². The second kappa shape index (κ2) is 13.6. The summed E-state index contributed by atoms with van der Waals surface area (Å²) in [5, 5.41) is 7.39. The molecule has 64 heavy (non-hydrogen) atoms. The first-order chi connectivity index (χ1) is 31.3. The lowest BCUT2D eigenvalue weighted by Gasteiger charge is -2.16. The van der Waals surface area contributed by atoms with Gasteiger partial charge < -0.3 is 8.83 Å². The highest BCUT2D eigenvalue weighted by Gasteiger charge is 2.33. The van der Waals surface area contributed by atoms with Gasteiger partial charge in [0.15, 0.2) is 0 Å². The van der Waals surface area contributed by atoms with Crippen LogP contribution < -0.4 is 0 Å². The molecule has 0 N–H and O–H groups in total. The standard InChI is InChI=1S/C56H31F3N2O2S/c1-30-12-2-3-13-33(30)31-24-26-35-36-27-25-32(34-14-4-7-21-45(34)56(57,58)59)29-44(36)49-48(43(35)28-31)60-50-51(61-49)55(42-20-11-18-40-38-16-6-9-23-47(38)63-53(40)42)64-54(50)41-19-10-17-39-37-15-5-8-22-46(37)62-52(39)41/h2-29H,1H3. The van der Waals surface area contributed by atoms with Gasteiger partial charge in [0.25, 0.3) is 0 Å². The maximum absolute atomic E-state index is 14.5. The van der Waals surface area contributed by atoms with Crippen LogP contribution in [0.1, 0.15) is 11.1 Å². The second-order valence-corrected chi connectivity index (χ2v) is 17.3. The van der Waals surface area contributed by atoms with Crippen LogP contribution in [0, 0.1) is 6.92 Å². The lowest BCUT2D eigenvalue weighted by molar-refractivity contribution is -0.137. The van der Waals surface area contributed by atoms with Crippen LogP contribution in [0.5, 0.6) is 0 Å². The van der Waals surface area contributed by atoms with E-state index in [9.17, 15) is 13.2 Å². The topological polar surface area (TPSA) is 52.1 Å². The van der Waals surface area contributed by atoms with Gasteiger partial charge in [0.2, 0.25) is 0 Å².